The molecule has 0 aliphatic rings. The summed E-state index contributed by atoms with van der Waals surface area (Å²) in [6.45, 7) is 0. The molecular weight excluding hydrogens is 554 g/mol. The van der Waals surface area contributed by atoms with Gasteiger partial charge in [0, 0.05) is 7.05 Å². The number of aromatic nitrogens is 3. The Morgan fingerprint density at radius 1 is 1.54 bits per heavy atom. The van der Waals surface area contributed by atoms with Crippen LogP contribution in [0, 0.1) is 0 Å². The van der Waals surface area contributed by atoms with E-state index >= 15 is 0 Å². The second-order valence-electron chi connectivity index (χ2n) is 1.77. The fourth-order valence-corrected chi connectivity index (χ4v) is 0.515. The van der Waals surface area contributed by atoms with E-state index in [0.717, 1.165) is 0 Å². The number of nitrogens with zero attached hydrogens (tertiary/aromatic N) is 2. The second-order valence-corrected chi connectivity index (χ2v) is 37.1. The summed E-state index contributed by atoms with van der Waals surface area (Å²) in [5.74, 6) is 0. The average molecular weight is 561 g/mol. The van der Waals surface area contributed by atoms with E-state index in [9.17, 15) is 4.79 Å². The predicted molar refractivity (Wildman–Crippen MR) is 72.4 cm³/mol. The van der Waals surface area contributed by atoms with Gasteiger partial charge >= 0.3 is 76.6 Å². The fourth-order valence-electron chi connectivity index (χ4n) is 0.515. The number of H-pyrrole nitrogens is 1. The van der Waals surface area contributed by atoms with E-state index in [1.807, 2.05) is 0 Å². The minimum absolute atomic E-state index is 0.271. The van der Waals surface area contributed by atoms with Gasteiger partial charge in [-0.05, 0) is 0 Å². The third-order valence-electron chi connectivity index (χ3n) is 1.02. The van der Waals surface area contributed by atoms with Crippen molar-refractivity contribution >= 4 is 59.9 Å². The monoisotopic (exact) mass is 561 g/mol. The Kier molecular flexibility index (Phi) is 8.66. The van der Waals surface area contributed by atoms with Crippen molar-refractivity contribution in [3.8, 4) is 6.01 Å². The molecule has 0 radical (unpaired) electrons. The first-order valence-electron chi connectivity index (χ1n) is 2.92. The molecule has 1 heterocycles. The van der Waals surface area contributed by atoms with Gasteiger partial charge in [0.2, 0.25) is 0 Å². The number of hydrogen-bond acceptors (Lipinski definition) is 3. The zero-order valence-electron chi connectivity index (χ0n) is 6.79. The number of methoxy groups -OCH3 is 1. The van der Waals surface area contributed by atoms with Crippen LogP contribution in [0.5, 0.6) is 6.01 Å². The molecule has 0 aliphatic heterocycles. The molecule has 76 valence electrons. The van der Waals surface area contributed by atoms with Crippen molar-refractivity contribution in [2.75, 3.05) is 7.11 Å². The van der Waals surface area contributed by atoms with Crippen molar-refractivity contribution < 1.29 is 9.66 Å². The molecule has 0 aromatic carbocycles. The van der Waals surface area contributed by atoms with Crippen LogP contribution in [0.3, 0.4) is 0 Å². The SMILES string of the molecule is COc1n[nH]c(=O)n1C.[I][V]([I])[I]. The van der Waals surface area contributed by atoms with Crippen molar-refractivity contribution in [1.82, 2.24) is 14.8 Å². The molecule has 13 heavy (non-hydrogen) atoms. The number of nitrogens with one attached hydrogen (secondary N) is 1. The molecule has 1 N–H and O–H groups in total. The topological polar surface area (TPSA) is 59.9 Å². The van der Waals surface area contributed by atoms with Crippen LogP contribution in [-0.4, -0.2) is 21.9 Å². The van der Waals surface area contributed by atoms with Gasteiger partial charge < -0.3 is 4.74 Å². The summed E-state index contributed by atoms with van der Waals surface area (Å²) in [5, 5.41) is 5.76. The molecule has 0 amide bonds. The number of ether oxygens (including phenoxy) is 1. The van der Waals surface area contributed by atoms with Crippen molar-refractivity contribution in [2.45, 2.75) is 0 Å². The molecule has 0 saturated carbocycles. The molecular formula is C4H7I3N3O2V. The van der Waals surface area contributed by atoms with Crippen LogP contribution in [0.1, 0.15) is 0 Å². The van der Waals surface area contributed by atoms with E-state index in [0.29, 0.717) is 6.01 Å². The van der Waals surface area contributed by atoms with E-state index in [1.165, 1.54) is 11.7 Å². The van der Waals surface area contributed by atoms with Crippen molar-refractivity contribution in [3.63, 3.8) is 0 Å². The van der Waals surface area contributed by atoms with Gasteiger partial charge in [0.05, 0.1) is 7.11 Å². The van der Waals surface area contributed by atoms with Crippen molar-refractivity contribution in [2.24, 2.45) is 7.05 Å². The molecule has 0 fully saturated rings. The van der Waals surface area contributed by atoms with Gasteiger partial charge in [0.1, 0.15) is 0 Å². The first kappa shape index (κ1) is 14.5. The Morgan fingerprint density at radius 2 is 2.00 bits per heavy atom. The Balaban J connectivity index is 0.000000310. The van der Waals surface area contributed by atoms with Crippen molar-refractivity contribution in [1.29, 1.82) is 0 Å². The quantitative estimate of drug-likeness (QED) is 0.533. The summed E-state index contributed by atoms with van der Waals surface area (Å²) in [4.78, 5) is 10.3. The zero-order valence-corrected chi connectivity index (χ0v) is 14.7. The second kappa shape index (κ2) is 7.76. The van der Waals surface area contributed by atoms with Gasteiger partial charge in [-0.25, -0.2) is 14.5 Å². The van der Waals surface area contributed by atoms with Gasteiger partial charge in [-0.15, -0.1) is 5.10 Å². The Hall–Kier alpha value is 1.51. The van der Waals surface area contributed by atoms with E-state index in [4.69, 9.17) is 0 Å². The summed E-state index contributed by atoms with van der Waals surface area (Å²) in [6, 6.07) is 0.292. The van der Waals surface area contributed by atoms with Crippen LogP contribution in [-0.2, 0) is 12.0 Å². The van der Waals surface area contributed by atoms with E-state index in [-0.39, 0.29) is 10.6 Å². The molecule has 0 spiro atoms. The Morgan fingerprint density at radius 3 is 2.15 bits per heavy atom. The molecule has 0 saturated heterocycles. The molecule has 1 aromatic heterocycles. The van der Waals surface area contributed by atoms with Crippen LogP contribution in [0.2, 0.25) is 0 Å². The maximum absolute atomic E-state index is 10.6. The first-order chi connectivity index (χ1) is 5.99. The normalized spacial score (nSPS) is 9.38. The van der Waals surface area contributed by atoms with Gasteiger partial charge in [-0.3, -0.25) is 0 Å². The summed E-state index contributed by atoms with van der Waals surface area (Å²) in [5.41, 5.74) is -0.271. The van der Waals surface area contributed by atoms with Crippen LogP contribution in [0.4, 0.5) is 0 Å². The number of rotatable bonds is 1. The summed E-state index contributed by atoms with van der Waals surface area (Å²) in [7, 11) is 3.03. The third-order valence-corrected chi connectivity index (χ3v) is 1.02. The molecule has 0 aliphatic carbocycles. The van der Waals surface area contributed by atoms with E-state index < -0.39 is 0 Å². The molecule has 0 bridgehead atoms. The van der Waals surface area contributed by atoms with Crippen LogP contribution < -0.4 is 10.4 Å². The van der Waals surface area contributed by atoms with Crippen LogP contribution in [0.15, 0.2) is 4.79 Å². The average Bonchev–Trinajstić information content (AvgIpc) is 2.32. The van der Waals surface area contributed by atoms with Crippen LogP contribution >= 0.6 is 59.9 Å². The van der Waals surface area contributed by atoms with Gasteiger partial charge in [-0.2, -0.15) is 0 Å². The molecule has 1 aromatic rings. The van der Waals surface area contributed by atoms with E-state index in [2.05, 4.69) is 74.9 Å². The molecule has 1 rings (SSSR count). The maximum atomic E-state index is 10.6. The molecule has 9 heteroatoms. The number of aromatic amines is 1. The van der Waals surface area contributed by atoms with Gasteiger partial charge in [-0.1, -0.05) is 0 Å². The van der Waals surface area contributed by atoms with E-state index in [1.54, 1.807) is 7.05 Å². The first-order valence-corrected chi connectivity index (χ1v) is 16.4. The zero-order chi connectivity index (χ0) is 10.4. The van der Waals surface area contributed by atoms with Crippen LogP contribution in [0.25, 0.3) is 0 Å². The Bertz CT molecular complexity index is 296. The summed E-state index contributed by atoms with van der Waals surface area (Å²) < 4.78 is 5.96. The molecule has 0 unspecified atom stereocenters. The number of halogens is 3. The van der Waals surface area contributed by atoms with Gasteiger partial charge in [0.25, 0.3) is 0 Å². The number of hydrogen-bond donors (Lipinski definition) is 1. The standard InChI is InChI=1S/C4H7N3O2.3HI.V/c1-7-3(8)5-6-4(7)9-2;;;;/h1-2H3,(H,5,8);3*1H;/q;;;;+3/p-3. The fraction of sp³-hybridized carbons (Fsp3) is 0.500. The summed E-state index contributed by atoms with van der Waals surface area (Å²) >= 11 is 7.39. The summed E-state index contributed by atoms with van der Waals surface area (Å²) in [6.07, 6.45) is 0. The van der Waals surface area contributed by atoms with Crippen molar-refractivity contribution in [3.05, 3.63) is 10.5 Å². The Labute approximate surface area is 113 Å². The minimum atomic E-state index is -0.278. The molecule has 0 atom stereocenters. The molecule has 5 nitrogen and oxygen atoms in total. The van der Waals surface area contributed by atoms with Gasteiger partial charge in [0.15, 0.2) is 0 Å². The third kappa shape index (κ3) is 6.57. The predicted octanol–water partition coefficient (Wildman–Crippen LogP) is 1.77.